The van der Waals surface area contributed by atoms with Crippen molar-refractivity contribution in [2.24, 2.45) is 5.11 Å². The van der Waals surface area contributed by atoms with E-state index in [2.05, 4.69) is 10.0 Å². The Labute approximate surface area is 95.5 Å². The Morgan fingerprint density at radius 2 is 2.25 bits per heavy atom. The van der Waals surface area contributed by atoms with E-state index in [1.165, 1.54) is 10.8 Å². The lowest BCUT2D eigenvalue weighted by atomic mass is 10.2. The van der Waals surface area contributed by atoms with E-state index in [0.29, 0.717) is 0 Å². The molecule has 0 unspecified atom stereocenters. The molecule has 0 spiro atoms. The molecule has 0 aliphatic carbocycles. The molecule has 1 amide bonds. The Bertz CT molecular complexity index is 575. The number of hydrogen-bond donors (Lipinski definition) is 0. The zero-order valence-corrected chi connectivity index (χ0v) is 9.02. The Hall–Kier alpha value is -2.10. The molecular formula is C11H7N3OS. The minimum Gasteiger partial charge on any atom is -0.288 e. The molecule has 0 bridgehead atoms. The summed E-state index contributed by atoms with van der Waals surface area (Å²) in [5.74, 6) is -0.583. The van der Waals surface area contributed by atoms with Crippen LogP contribution in [0.25, 0.3) is 26.6 Å². The van der Waals surface area contributed by atoms with Crippen molar-refractivity contribution in [2.45, 2.75) is 0 Å². The topological polar surface area (TPSA) is 65.8 Å². The lowest BCUT2D eigenvalue weighted by molar-refractivity contribution is -0.113. The van der Waals surface area contributed by atoms with Gasteiger partial charge in [-0.15, -0.1) is 11.3 Å². The first-order chi connectivity index (χ1) is 7.79. The number of benzene rings is 1. The first kappa shape index (κ1) is 10.4. The highest BCUT2D eigenvalue weighted by Crippen LogP contribution is 2.25. The highest BCUT2D eigenvalue weighted by atomic mass is 32.1. The summed E-state index contributed by atoms with van der Waals surface area (Å²) in [6, 6.07) is 9.95. The molecule has 0 atom stereocenters. The summed E-state index contributed by atoms with van der Waals surface area (Å²) < 4.78 is 1.17. The second-order valence-electron chi connectivity index (χ2n) is 3.05. The molecule has 2 rings (SSSR count). The molecule has 0 saturated carbocycles. The molecule has 0 aliphatic rings. The van der Waals surface area contributed by atoms with E-state index in [1.54, 1.807) is 17.4 Å². The molecule has 0 aliphatic heterocycles. The van der Waals surface area contributed by atoms with Gasteiger partial charge in [-0.05, 0) is 40.3 Å². The van der Waals surface area contributed by atoms with Gasteiger partial charge in [0.25, 0.3) is 0 Å². The van der Waals surface area contributed by atoms with E-state index in [4.69, 9.17) is 5.53 Å². The lowest BCUT2D eigenvalue weighted by Gasteiger charge is -1.82. The number of thiophene rings is 1. The van der Waals surface area contributed by atoms with Gasteiger partial charge in [0, 0.05) is 14.5 Å². The molecule has 1 heterocycles. The summed E-state index contributed by atoms with van der Waals surface area (Å²) in [6.07, 6.45) is 2.92. The summed E-state index contributed by atoms with van der Waals surface area (Å²) in [5.41, 5.74) is 8.05. The zero-order valence-electron chi connectivity index (χ0n) is 8.20. The van der Waals surface area contributed by atoms with Crippen LogP contribution < -0.4 is 0 Å². The fraction of sp³-hybridized carbons (Fsp3) is 0. The van der Waals surface area contributed by atoms with Crippen LogP contribution in [0.2, 0.25) is 0 Å². The van der Waals surface area contributed by atoms with Crippen LogP contribution in [0.1, 0.15) is 4.88 Å². The van der Waals surface area contributed by atoms with Crippen LogP contribution in [0, 0.1) is 0 Å². The maximum atomic E-state index is 10.9. The van der Waals surface area contributed by atoms with E-state index in [1.807, 2.05) is 30.3 Å². The van der Waals surface area contributed by atoms with Crippen LogP contribution in [-0.4, -0.2) is 5.91 Å². The largest absolute Gasteiger partial charge is 0.288 e. The summed E-state index contributed by atoms with van der Waals surface area (Å²) in [7, 11) is 0. The van der Waals surface area contributed by atoms with Gasteiger partial charge < -0.3 is 0 Å². The molecule has 78 valence electrons. The summed E-state index contributed by atoms with van der Waals surface area (Å²) in [6.45, 7) is 0. The molecule has 1 aromatic carbocycles. The first-order valence-corrected chi connectivity index (χ1v) is 5.37. The molecule has 2 aromatic rings. The average Bonchev–Trinajstić information content (AvgIpc) is 2.69. The number of amides is 1. The van der Waals surface area contributed by atoms with Gasteiger partial charge in [-0.2, -0.15) is 0 Å². The average molecular weight is 229 g/mol. The number of carbonyl (C=O) groups excluding carboxylic acids is 1. The highest BCUT2D eigenvalue weighted by molar-refractivity contribution is 7.19. The molecule has 1 aromatic heterocycles. The fourth-order valence-corrected chi connectivity index (χ4v) is 2.28. The normalized spacial score (nSPS) is 10.5. The lowest BCUT2D eigenvalue weighted by Crippen LogP contribution is -1.80. The monoisotopic (exact) mass is 229 g/mol. The van der Waals surface area contributed by atoms with E-state index in [0.717, 1.165) is 10.3 Å². The van der Waals surface area contributed by atoms with Gasteiger partial charge in [0.1, 0.15) is 0 Å². The van der Waals surface area contributed by atoms with E-state index in [9.17, 15) is 4.79 Å². The van der Waals surface area contributed by atoms with Gasteiger partial charge in [0.15, 0.2) is 0 Å². The number of azide groups is 1. The quantitative estimate of drug-likeness (QED) is 0.334. The third-order valence-electron chi connectivity index (χ3n) is 1.98. The standard InChI is InChI=1S/C11H7N3OS/c12-14-13-11(15)6-5-9-7-8-3-1-2-4-10(8)16-9/h1-7H. The van der Waals surface area contributed by atoms with Crippen LogP contribution in [0.5, 0.6) is 0 Å². The van der Waals surface area contributed by atoms with E-state index < -0.39 is 5.91 Å². The van der Waals surface area contributed by atoms with Crippen LogP contribution in [0.4, 0.5) is 0 Å². The van der Waals surface area contributed by atoms with Gasteiger partial charge in [-0.1, -0.05) is 18.2 Å². The van der Waals surface area contributed by atoms with E-state index in [-0.39, 0.29) is 0 Å². The minimum atomic E-state index is -0.583. The molecule has 0 radical (unpaired) electrons. The van der Waals surface area contributed by atoms with Crippen molar-refractivity contribution in [1.82, 2.24) is 0 Å². The molecule has 0 N–H and O–H groups in total. The number of nitrogens with zero attached hydrogens (tertiary/aromatic N) is 3. The number of carbonyl (C=O) groups is 1. The van der Waals surface area contributed by atoms with Crippen molar-refractivity contribution in [2.75, 3.05) is 0 Å². The maximum absolute atomic E-state index is 10.9. The predicted octanol–water partition coefficient (Wildman–Crippen LogP) is 3.75. The predicted molar refractivity (Wildman–Crippen MR) is 65.0 cm³/mol. The van der Waals surface area contributed by atoms with Crippen LogP contribution in [0.15, 0.2) is 41.5 Å². The van der Waals surface area contributed by atoms with Crippen molar-refractivity contribution < 1.29 is 4.79 Å². The molecule has 0 saturated heterocycles. The Morgan fingerprint density at radius 1 is 1.44 bits per heavy atom. The Morgan fingerprint density at radius 3 is 3.00 bits per heavy atom. The van der Waals surface area contributed by atoms with Gasteiger partial charge >= 0.3 is 0 Å². The number of hydrogen-bond acceptors (Lipinski definition) is 2. The highest BCUT2D eigenvalue weighted by Gasteiger charge is 1.98. The minimum absolute atomic E-state index is 0.583. The molecule has 5 heteroatoms. The third kappa shape index (κ3) is 2.28. The SMILES string of the molecule is [N-]=[N+]=NC(=O)C=Cc1cc2ccccc2s1. The van der Waals surface area contributed by atoms with Crippen molar-refractivity contribution in [3.63, 3.8) is 0 Å². The zero-order chi connectivity index (χ0) is 11.4. The smallest absolute Gasteiger partial charge is 0.242 e. The second-order valence-corrected chi connectivity index (χ2v) is 4.16. The molecule has 4 nitrogen and oxygen atoms in total. The van der Waals surface area contributed by atoms with Crippen molar-refractivity contribution in [3.05, 3.63) is 51.7 Å². The van der Waals surface area contributed by atoms with E-state index >= 15 is 0 Å². The molecular weight excluding hydrogens is 222 g/mol. The van der Waals surface area contributed by atoms with Crippen molar-refractivity contribution in [1.29, 1.82) is 0 Å². The molecule has 0 fully saturated rings. The van der Waals surface area contributed by atoms with Gasteiger partial charge in [0.05, 0.1) is 0 Å². The fourth-order valence-electron chi connectivity index (χ4n) is 1.32. The van der Waals surface area contributed by atoms with Crippen LogP contribution in [-0.2, 0) is 4.79 Å². The van der Waals surface area contributed by atoms with Crippen molar-refractivity contribution in [3.8, 4) is 0 Å². The number of fused-ring (bicyclic) bond motifs is 1. The van der Waals surface area contributed by atoms with Gasteiger partial charge in [0.2, 0.25) is 5.91 Å². The number of rotatable bonds is 2. The second kappa shape index (κ2) is 4.61. The van der Waals surface area contributed by atoms with Gasteiger partial charge in [-0.25, -0.2) is 0 Å². The third-order valence-corrected chi connectivity index (χ3v) is 3.06. The summed E-state index contributed by atoms with van der Waals surface area (Å²) in [4.78, 5) is 14.3. The van der Waals surface area contributed by atoms with Crippen molar-refractivity contribution >= 4 is 33.4 Å². The van der Waals surface area contributed by atoms with Crippen LogP contribution >= 0.6 is 11.3 Å². The Kier molecular flexibility index (Phi) is 3.00. The first-order valence-electron chi connectivity index (χ1n) is 4.55. The van der Waals surface area contributed by atoms with Crippen LogP contribution in [0.3, 0.4) is 0 Å². The maximum Gasteiger partial charge on any atom is 0.242 e. The molecule has 16 heavy (non-hydrogen) atoms. The summed E-state index contributed by atoms with van der Waals surface area (Å²) in [5, 5.41) is 4.10. The Balaban J connectivity index is 2.28. The summed E-state index contributed by atoms with van der Waals surface area (Å²) >= 11 is 1.58. The van der Waals surface area contributed by atoms with Gasteiger partial charge in [-0.3, -0.25) is 4.79 Å².